The molecule has 1 aromatic heterocycles. The number of oxazole rings is 1. The summed E-state index contributed by atoms with van der Waals surface area (Å²) in [6.45, 7) is 0. The van der Waals surface area contributed by atoms with Crippen LogP contribution in [0.15, 0.2) is 17.0 Å². The van der Waals surface area contributed by atoms with Gasteiger partial charge in [-0.15, -0.1) is 0 Å². The summed E-state index contributed by atoms with van der Waals surface area (Å²) in [5.41, 5.74) is 0. The topological polar surface area (TPSA) is 26.0 Å². The van der Waals surface area contributed by atoms with Crippen LogP contribution in [0, 0.1) is 0 Å². The van der Waals surface area contributed by atoms with Gasteiger partial charge in [0.05, 0.1) is 6.20 Å². The highest BCUT2D eigenvalue weighted by Gasteiger charge is 1.80. The summed E-state index contributed by atoms with van der Waals surface area (Å²) in [5.74, 6) is 0. The lowest BCUT2D eigenvalue weighted by Gasteiger charge is -1.62. The molecule has 0 atom stereocenters. The minimum Gasteiger partial charge on any atom is -0.432 e. The molecule has 0 aliphatic carbocycles. The van der Waals surface area contributed by atoms with Gasteiger partial charge in [0.1, 0.15) is 0 Å². The lowest BCUT2D eigenvalue weighted by atomic mass is 11.0. The van der Waals surface area contributed by atoms with Crippen molar-refractivity contribution in [3.63, 3.8) is 0 Å². The van der Waals surface area contributed by atoms with E-state index in [2.05, 4.69) is 9.40 Å². The normalized spacial score (nSPS) is 8.83. The molecular weight excluding hydrogens is 101 g/mol. The van der Waals surface area contributed by atoms with E-state index < -0.39 is 0 Å². The van der Waals surface area contributed by atoms with E-state index >= 15 is 0 Å². The fourth-order valence-electron chi connectivity index (χ4n) is 0.200. The molecule has 0 saturated carbocycles. The monoisotopic (exact) mass is 103 g/mol. The highest BCUT2D eigenvalue weighted by atomic mass is 35.5. The van der Waals surface area contributed by atoms with Crippen LogP contribution in [0.4, 0.5) is 0 Å². The van der Waals surface area contributed by atoms with Crippen LogP contribution in [0.5, 0.6) is 0 Å². The second kappa shape index (κ2) is 1.30. The van der Waals surface area contributed by atoms with E-state index in [0.29, 0.717) is 5.22 Å². The third-order valence-corrected chi connectivity index (χ3v) is 0.589. The summed E-state index contributed by atoms with van der Waals surface area (Å²) in [5, 5.41) is 0.329. The minimum atomic E-state index is 0.329. The molecule has 1 heterocycles. The second-order valence-electron chi connectivity index (χ2n) is 0.806. The first-order valence-electron chi connectivity index (χ1n) is 1.43. The predicted octanol–water partition coefficient (Wildman–Crippen LogP) is 1.33. The molecule has 0 radical (unpaired) electrons. The average molecular weight is 104 g/mol. The third kappa shape index (κ3) is 0.518. The molecule has 0 N–H and O–H groups in total. The van der Waals surface area contributed by atoms with Crippen molar-refractivity contribution in [2.24, 2.45) is 0 Å². The zero-order chi connectivity index (χ0) is 4.41. The van der Waals surface area contributed by atoms with Crippen molar-refractivity contribution in [3.05, 3.63) is 17.8 Å². The molecule has 0 spiro atoms. The zero-order valence-electron chi connectivity index (χ0n) is 2.89. The van der Waals surface area contributed by atoms with E-state index in [-0.39, 0.29) is 0 Å². The van der Waals surface area contributed by atoms with Crippen LogP contribution >= 0.6 is 11.6 Å². The van der Waals surface area contributed by atoms with E-state index in [9.17, 15) is 0 Å². The smallest absolute Gasteiger partial charge is 0.213 e. The fourth-order valence-corrected chi connectivity index (χ4v) is 0.296. The molecule has 0 bridgehead atoms. The summed E-state index contributed by atoms with van der Waals surface area (Å²) in [7, 11) is 0. The molecule has 6 heavy (non-hydrogen) atoms. The molecular formula is C3H2ClNO. The quantitative estimate of drug-likeness (QED) is 0.495. The first kappa shape index (κ1) is 3.68. The number of rotatable bonds is 0. The van der Waals surface area contributed by atoms with Gasteiger partial charge >= 0.3 is 0 Å². The summed E-state index contributed by atoms with van der Waals surface area (Å²) < 4.78 is 4.49. The number of aromatic nitrogens is 1. The molecule has 1 rings (SSSR count). The SMILES string of the molecule is Clc1cnco1. The lowest BCUT2D eigenvalue weighted by Crippen LogP contribution is -1.41. The molecule has 0 aliphatic heterocycles. The van der Waals surface area contributed by atoms with Crippen LogP contribution in [0.25, 0.3) is 0 Å². The summed E-state index contributed by atoms with van der Waals surface area (Å²) in [6, 6.07) is 0. The number of halogens is 1. The van der Waals surface area contributed by atoms with E-state index in [1.807, 2.05) is 0 Å². The minimum absolute atomic E-state index is 0.329. The molecule has 1 aromatic rings. The first-order valence-corrected chi connectivity index (χ1v) is 1.81. The number of nitrogens with zero attached hydrogens (tertiary/aromatic N) is 1. The van der Waals surface area contributed by atoms with Crippen LogP contribution < -0.4 is 0 Å². The molecule has 0 aliphatic rings. The zero-order valence-corrected chi connectivity index (χ0v) is 3.64. The van der Waals surface area contributed by atoms with E-state index in [4.69, 9.17) is 11.6 Å². The van der Waals surface area contributed by atoms with Crippen molar-refractivity contribution in [1.82, 2.24) is 4.98 Å². The van der Waals surface area contributed by atoms with Gasteiger partial charge in [-0.3, -0.25) is 0 Å². The highest BCUT2D eigenvalue weighted by Crippen LogP contribution is 2.01. The van der Waals surface area contributed by atoms with E-state index in [1.54, 1.807) is 0 Å². The summed E-state index contributed by atoms with van der Waals surface area (Å²) >= 11 is 5.23. The van der Waals surface area contributed by atoms with Gasteiger partial charge in [-0.2, -0.15) is 0 Å². The standard InChI is InChI=1S/C3H2ClNO/c4-3-1-5-2-6-3/h1-2H. The summed E-state index contributed by atoms with van der Waals surface area (Å²) in [6.07, 6.45) is 2.71. The van der Waals surface area contributed by atoms with Gasteiger partial charge < -0.3 is 4.42 Å². The molecule has 0 unspecified atom stereocenters. The second-order valence-corrected chi connectivity index (χ2v) is 1.18. The highest BCUT2D eigenvalue weighted by molar-refractivity contribution is 6.28. The van der Waals surface area contributed by atoms with Crippen LogP contribution in [-0.2, 0) is 0 Å². The van der Waals surface area contributed by atoms with Gasteiger partial charge in [-0.25, -0.2) is 4.98 Å². The number of hydrogen-bond donors (Lipinski definition) is 0. The number of hydrogen-bond acceptors (Lipinski definition) is 2. The molecule has 0 aromatic carbocycles. The van der Waals surface area contributed by atoms with Gasteiger partial charge in [0, 0.05) is 0 Å². The van der Waals surface area contributed by atoms with Gasteiger partial charge in [0.25, 0.3) is 0 Å². The van der Waals surface area contributed by atoms with Gasteiger partial charge in [-0.1, -0.05) is 0 Å². The lowest BCUT2D eigenvalue weighted by molar-refractivity contribution is 0.560. The van der Waals surface area contributed by atoms with Crippen LogP contribution in [0.2, 0.25) is 5.22 Å². The van der Waals surface area contributed by atoms with Crippen LogP contribution in [0.3, 0.4) is 0 Å². The molecule has 0 saturated heterocycles. The van der Waals surface area contributed by atoms with Gasteiger partial charge in [0.15, 0.2) is 6.39 Å². The Hall–Kier alpha value is -0.500. The average Bonchev–Trinajstić information content (AvgIpc) is 1.86. The van der Waals surface area contributed by atoms with Crippen molar-refractivity contribution in [2.75, 3.05) is 0 Å². The predicted molar refractivity (Wildman–Crippen MR) is 21.5 cm³/mol. The largest absolute Gasteiger partial charge is 0.432 e. The Balaban J connectivity index is 3.05. The molecule has 0 fully saturated rings. The van der Waals surface area contributed by atoms with E-state index in [1.165, 1.54) is 12.6 Å². The maximum Gasteiger partial charge on any atom is 0.213 e. The van der Waals surface area contributed by atoms with Crippen molar-refractivity contribution < 1.29 is 4.42 Å². The van der Waals surface area contributed by atoms with Crippen molar-refractivity contribution in [1.29, 1.82) is 0 Å². The Bertz CT molecular complexity index is 114. The Morgan fingerprint density at radius 3 is 2.83 bits per heavy atom. The van der Waals surface area contributed by atoms with Crippen molar-refractivity contribution >= 4 is 11.6 Å². The van der Waals surface area contributed by atoms with Crippen LogP contribution in [-0.4, -0.2) is 4.98 Å². The van der Waals surface area contributed by atoms with E-state index in [0.717, 1.165) is 0 Å². The third-order valence-electron chi connectivity index (χ3n) is 0.402. The fraction of sp³-hybridized carbons (Fsp3) is 0. The maximum atomic E-state index is 5.23. The van der Waals surface area contributed by atoms with Crippen LogP contribution in [0.1, 0.15) is 0 Å². The molecule has 2 nitrogen and oxygen atoms in total. The molecule has 32 valence electrons. The first-order chi connectivity index (χ1) is 2.89. The Morgan fingerprint density at radius 1 is 1.83 bits per heavy atom. The Morgan fingerprint density at radius 2 is 2.67 bits per heavy atom. The van der Waals surface area contributed by atoms with Crippen molar-refractivity contribution in [2.45, 2.75) is 0 Å². The molecule has 0 amide bonds. The Labute approximate surface area is 39.7 Å². The van der Waals surface area contributed by atoms with Crippen molar-refractivity contribution in [3.8, 4) is 0 Å². The maximum absolute atomic E-state index is 5.23. The molecule has 3 heteroatoms. The summed E-state index contributed by atoms with van der Waals surface area (Å²) in [4.78, 5) is 3.52. The Kier molecular flexibility index (Phi) is 0.801. The van der Waals surface area contributed by atoms with Gasteiger partial charge in [0.2, 0.25) is 5.22 Å². The van der Waals surface area contributed by atoms with Gasteiger partial charge in [-0.05, 0) is 11.6 Å².